The van der Waals surface area contributed by atoms with E-state index in [0.29, 0.717) is 33.7 Å². The summed E-state index contributed by atoms with van der Waals surface area (Å²) in [5.41, 5.74) is 5.34. The lowest BCUT2D eigenvalue weighted by Crippen LogP contribution is -2.42. The summed E-state index contributed by atoms with van der Waals surface area (Å²) in [5.74, 6) is -0.967. The summed E-state index contributed by atoms with van der Waals surface area (Å²) in [6, 6.07) is 11.4. The van der Waals surface area contributed by atoms with Crippen LogP contribution < -0.4 is 20.9 Å². The first-order valence-corrected chi connectivity index (χ1v) is 10.2. The number of nitrogens with one attached hydrogen (secondary N) is 3. The second kappa shape index (κ2) is 12.0. The van der Waals surface area contributed by atoms with Crippen LogP contribution in [0.2, 0.25) is 10.0 Å². The standard InChI is InChI=1S/C21H23Cl2N3O4/c1-2-3-12-30-18-7-5-4-6-15(18)21(29)26-25-20(28)11-10-19(27)24-17-9-8-14(22)13-16(17)23/h4-9,13H,2-3,10-12H2,1H3,(H,24,27)(H,25,28)(H,26,29). The van der Waals surface area contributed by atoms with Gasteiger partial charge < -0.3 is 10.1 Å². The molecule has 7 nitrogen and oxygen atoms in total. The van der Waals surface area contributed by atoms with E-state index < -0.39 is 17.7 Å². The third kappa shape index (κ3) is 7.57. The molecule has 0 bridgehead atoms. The summed E-state index contributed by atoms with van der Waals surface area (Å²) in [5, 5.41) is 3.35. The van der Waals surface area contributed by atoms with Crippen molar-refractivity contribution in [1.82, 2.24) is 10.9 Å². The SMILES string of the molecule is CCCCOc1ccccc1C(=O)NNC(=O)CCC(=O)Nc1ccc(Cl)cc1Cl. The summed E-state index contributed by atoms with van der Waals surface area (Å²) in [6.07, 6.45) is 1.64. The average molecular weight is 452 g/mol. The van der Waals surface area contributed by atoms with Gasteiger partial charge in [-0.1, -0.05) is 48.7 Å². The Morgan fingerprint density at radius 2 is 1.70 bits per heavy atom. The van der Waals surface area contributed by atoms with Gasteiger partial charge in [-0.2, -0.15) is 0 Å². The summed E-state index contributed by atoms with van der Waals surface area (Å²) >= 11 is 11.8. The Morgan fingerprint density at radius 3 is 2.43 bits per heavy atom. The molecule has 0 saturated carbocycles. The van der Waals surface area contributed by atoms with E-state index in [1.807, 2.05) is 6.92 Å². The molecule has 0 atom stereocenters. The molecule has 3 N–H and O–H groups in total. The van der Waals surface area contributed by atoms with Crippen LogP contribution in [0.3, 0.4) is 0 Å². The predicted molar refractivity (Wildman–Crippen MR) is 117 cm³/mol. The van der Waals surface area contributed by atoms with Crippen molar-refractivity contribution in [2.75, 3.05) is 11.9 Å². The number of halogens is 2. The third-order valence-corrected chi connectivity index (χ3v) is 4.53. The molecule has 2 aromatic carbocycles. The highest BCUT2D eigenvalue weighted by Gasteiger charge is 2.14. The number of benzene rings is 2. The van der Waals surface area contributed by atoms with E-state index in [-0.39, 0.29) is 12.8 Å². The molecule has 0 fully saturated rings. The first-order valence-electron chi connectivity index (χ1n) is 9.46. The quantitative estimate of drug-likeness (QED) is 0.389. The highest BCUT2D eigenvalue weighted by atomic mass is 35.5. The van der Waals surface area contributed by atoms with E-state index in [2.05, 4.69) is 16.2 Å². The molecule has 0 saturated heterocycles. The van der Waals surface area contributed by atoms with Gasteiger partial charge in [-0.05, 0) is 36.8 Å². The number of hydrogen-bond donors (Lipinski definition) is 3. The molecular formula is C21H23Cl2N3O4. The van der Waals surface area contributed by atoms with E-state index in [4.69, 9.17) is 27.9 Å². The van der Waals surface area contributed by atoms with Crippen molar-refractivity contribution in [3.05, 3.63) is 58.1 Å². The van der Waals surface area contributed by atoms with Gasteiger partial charge in [0, 0.05) is 17.9 Å². The lowest BCUT2D eigenvalue weighted by atomic mass is 10.2. The van der Waals surface area contributed by atoms with Crippen LogP contribution in [-0.2, 0) is 9.59 Å². The maximum absolute atomic E-state index is 12.3. The van der Waals surface area contributed by atoms with E-state index in [9.17, 15) is 14.4 Å². The predicted octanol–water partition coefficient (Wildman–Crippen LogP) is 4.35. The first kappa shape index (κ1) is 23.5. The topological polar surface area (TPSA) is 96.5 Å². The fourth-order valence-electron chi connectivity index (χ4n) is 2.39. The Morgan fingerprint density at radius 1 is 0.967 bits per heavy atom. The lowest BCUT2D eigenvalue weighted by molar-refractivity contribution is -0.124. The molecule has 0 spiro atoms. The Labute approximate surface area is 185 Å². The van der Waals surface area contributed by atoms with Crippen molar-refractivity contribution in [3.8, 4) is 5.75 Å². The fourth-order valence-corrected chi connectivity index (χ4v) is 2.85. The van der Waals surface area contributed by atoms with Gasteiger partial charge in [-0.15, -0.1) is 0 Å². The van der Waals surface area contributed by atoms with E-state index >= 15 is 0 Å². The van der Waals surface area contributed by atoms with E-state index in [1.165, 1.54) is 6.07 Å². The monoisotopic (exact) mass is 451 g/mol. The molecule has 9 heteroatoms. The highest BCUT2D eigenvalue weighted by molar-refractivity contribution is 6.36. The maximum atomic E-state index is 12.3. The van der Waals surface area contributed by atoms with Gasteiger partial charge in [0.05, 0.1) is 22.9 Å². The highest BCUT2D eigenvalue weighted by Crippen LogP contribution is 2.25. The van der Waals surface area contributed by atoms with Gasteiger partial charge in [0.2, 0.25) is 11.8 Å². The van der Waals surface area contributed by atoms with Crippen LogP contribution in [0, 0.1) is 0 Å². The second-order valence-electron chi connectivity index (χ2n) is 6.37. The molecule has 0 aliphatic carbocycles. The molecule has 0 aliphatic rings. The second-order valence-corrected chi connectivity index (χ2v) is 7.22. The number of amides is 3. The summed E-state index contributed by atoms with van der Waals surface area (Å²) in [7, 11) is 0. The summed E-state index contributed by atoms with van der Waals surface area (Å²) < 4.78 is 5.61. The van der Waals surface area contributed by atoms with Gasteiger partial charge >= 0.3 is 0 Å². The molecule has 30 heavy (non-hydrogen) atoms. The number of hydrazine groups is 1. The largest absolute Gasteiger partial charge is 0.493 e. The fraction of sp³-hybridized carbons (Fsp3) is 0.286. The van der Waals surface area contributed by atoms with Crippen molar-refractivity contribution in [2.45, 2.75) is 32.6 Å². The summed E-state index contributed by atoms with van der Waals surface area (Å²) in [4.78, 5) is 36.3. The molecule has 0 radical (unpaired) electrons. The minimum atomic E-state index is -0.509. The molecule has 0 aliphatic heterocycles. The Bertz CT molecular complexity index is 906. The zero-order valence-corrected chi connectivity index (χ0v) is 18.0. The molecule has 160 valence electrons. The Hall–Kier alpha value is -2.77. The van der Waals surface area contributed by atoms with Gasteiger partial charge in [0.25, 0.3) is 5.91 Å². The Kier molecular flexibility index (Phi) is 9.44. The average Bonchev–Trinajstić information content (AvgIpc) is 2.73. The van der Waals surface area contributed by atoms with Crippen LogP contribution in [0.15, 0.2) is 42.5 Å². The van der Waals surface area contributed by atoms with Crippen LogP contribution in [0.25, 0.3) is 0 Å². The minimum absolute atomic E-state index is 0.0859. The number of carbonyl (C=O) groups is 3. The third-order valence-electron chi connectivity index (χ3n) is 3.99. The van der Waals surface area contributed by atoms with Crippen LogP contribution >= 0.6 is 23.2 Å². The number of ether oxygens (including phenoxy) is 1. The lowest BCUT2D eigenvalue weighted by Gasteiger charge is -2.12. The van der Waals surface area contributed by atoms with Crippen molar-refractivity contribution < 1.29 is 19.1 Å². The molecule has 0 aromatic heterocycles. The summed E-state index contributed by atoms with van der Waals surface area (Å²) in [6.45, 7) is 2.54. The first-order chi connectivity index (χ1) is 14.4. The van der Waals surface area contributed by atoms with Gasteiger partial charge in [-0.3, -0.25) is 25.2 Å². The number of anilines is 1. The number of carbonyl (C=O) groups excluding carboxylic acids is 3. The van der Waals surface area contributed by atoms with Crippen molar-refractivity contribution >= 4 is 46.6 Å². The zero-order valence-electron chi connectivity index (χ0n) is 16.5. The van der Waals surface area contributed by atoms with Crippen LogP contribution in [0.5, 0.6) is 5.75 Å². The van der Waals surface area contributed by atoms with E-state index in [0.717, 1.165) is 12.8 Å². The molecule has 2 rings (SSSR count). The van der Waals surface area contributed by atoms with Crippen LogP contribution in [0.4, 0.5) is 5.69 Å². The molecule has 0 heterocycles. The molecule has 0 unspecified atom stereocenters. The Balaban J connectivity index is 1.79. The number of hydrogen-bond acceptors (Lipinski definition) is 4. The van der Waals surface area contributed by atoms with Crippen molar-refractivity contribution in [3.63, 3.8) is 0 Å². The van der Waals surface area contributed by atoms with Gasteiger partial charge in [-0.25, -0.2) is 0 Å². The van der Waals surface area contributed by atoms with Crippen LogP contribution in [-0.4, -0.2) is 24.3 Å². The van der Waals surface area contributed by atoms with Gasteiger partial charge in [0.15, 0.2) is 0 Å². The van der Waals surface area contributed by atoms with Gasteiger partial charge in [0.1, 0.15) is 5.75 Å². The smallest absolute Gasteiger partial charge is 0.273 e. The number of rotatable bonds is 9. The van der Waals surface area contributed by atoms with Crippen LogP contribution in [0.1, 0.15) is 43.0 Å². The molecule has 2 aromatic rings. The zero-order chi connectivity index (χ0) is 21.9. The van der Waals surface area contributed by atoms with E-state index in [1.54, 1.807) is 36.4 Å². The molecular weight excluding hydrogens is 429 g/mol. The number of para-hydroxylation sites is 1. The molecule has 3 amide bonds. The van der Waals surface area contributed by atoms with Crippen molar-refractivity contribution in [2.24, 2.45) is 0 Å². The normalized spacial score (nSPS) is 10.2. The minimum Gasteiger partial charge on any atom is -0.493 e. The number of unbranched alkanes of at least 4 members (excludes halogenated alkanes) is 1. The van der Waals surface area contributed by atoms with Crippen molar-refractivity contribution in [1.29, 1.82) is 0 Å². The maximum Gasteiger partial charge on any atom is 0.273 e.